The minimum atomic E-state index is -0.492. The van der Waals surface area contributed by atoms with Gasteiger partial charge < -0.3 is 9.26 Å². The number of carbonyl (C=O) groups is 1. The average molecular weight is 315 g/mol. The fourth-order valence-corrected chi connectivity index (χ4v) is 1.95. The fraction of sp³-hybridized carbons (Fsp3) is 0.0625. The third kappa shape index (κ3) is 3.32. The summed E-state index contributed by atoms with van der Waals surface area (Å²) < 4.78 is 10.4. The van der Waals surface area contributed by atoms with Gasteiger partial charge >= 0.3 is 5.97 Å². The number of pyridine rings is 1. The summed E-state index contributed by atoms with van der Waals surface area (Å²) in [6.45, 7) is 0.0256. The quantitative estimate of drug-likeness (QED) is 0.542. The van der Waals surface area contributed by atoms with Gasteiger partial charge in [-0.15, -0.1) is 0 Å². The van der Waals surface area contributed by atoms with E-state index in [2.05, 4.69) is 10.1 Å². The summed E-state index contributed by atoms with van der Waals surface area (Å²) in [5, 5.41) is 4.20. The number of carbonyl (C=O) groups excluding carboxylic acids is 1. The number of benzene rings is 1. The molecule has 0 N–H and O–H groups in total. The number of hydrogen-bond acceptors (Lipinski definition) is 5. The second-order valence-corrected chi connectivity index (χ2v) is 4.88. The van der Waals surface area contributed by atoms with Crippen LogP contribution in [0.5, 0.6) is 0 Å². The van der Waals surface area contributed by atoms with Crippen LogP contribution >= 0.6 is 11.6 Å². The van der Waals surface area contributed by atoms with Gasteiger partial charge in [-0.3, -0.25) is 0 Å². The Labute approximate surface area is 131 Å². The van der Waals surface area contributed by atoms with Gasteiger partial charge in [-0.05, 0) is 12.1 Å². The third-order valence-corrected chi connectivity index (χ3v) is 3.16. The number of aromatic nitrogens is 2. The maximum atomic E-state index is 11.8. The fourth-order valence-electron chi connectivity index (χ4n) is 1.84. The Morgan fingerprint density at radius 1 is 1.18 bits per heavy atom. The van der Waals surface area contributed by atoms with Crippen LogP contribution in [0.15, 0.2) is 59.3 Å². The lowest BCUT2D eigenvalue weighted by atomic mass is 10.2. The molecule has 0 aliphatic rings. The lowest BCUT2D eigenvalue weighted by molar-refractivity contribution is 0.0464. The molecule has 0 bridgehead atoms. The van der Waals surface area contributed by atoms with Gasteiger partial charge in [-0.1, -0.05) is 47.1 Å². The van der Waals surface area contributed by atoms with E-state index >= 15 is 0 Å². The largest absolute Gasteiger partial charge is 0.455 e. The highest BCUT2D eigenvalue weighted by Crippen LogP contribution is 2.20. The van der Waals surface area contributed by atoms with Gasteiger partial charge in [0.15, 0.2) is 5.76 Å². The van der Waals surface area contributed by atoms with Gasteiger partial charge in [0.2, 0.25) is 0 Å². The Kier molecular flexibility index (Phi) is 4.16. The molecule has 0 atom stereocenters. The van der Waals surface area contributed by atoms with E-state index in [9.17, 15) is 4.79 Å². The topological polar surface area (TPSA) is 65.2 Å². The van der Waals surface area contributed by atoms with Gasteiger partial charge in [0.05, 0.1) is 5.56 Å². The Morgan fingerprint density at radius 3 is 2.73 bits per heavy atom. The molecule has 0 fully saturated rings. The number of esters is 1. The summed E-state index contributed by atoms with van der Waals surface area (Å²) in [6, 6.07) is 14.4. The predicted octanol–water partition coefficient (Wildman–Crippen LogP) is 3.75. The van der Waals surface area contributed by atoms with Gasteiger partial charge in [-0.2, -0.15) is 0 Å². The molecule has 6 heteroatoms. The number of nitrogens with zero attached hydrogens (tertiary/aromatic N) is 2. The zero-order chi connectivity index (χ0) is 15.4. The Bertz CT molecular complexity index is 770. The zero-order valence-electron chi connectivity index (χ0n) is 11.4. The zero-order valence-corrected chi connectivity index (χ0v) is 12.2. The molecule has 1 aromatic carbocycles. The van der Waals surface area contributed by atoms with Crippen LogP contribution in [0.4, 0.5) is 0 Å². The highest BCUT2D eigenvalue weighted by atomic mass is 35.5. The van der Waals surface area contributed by atoms with Crippen molar-refractivity contribution in [3.8, 4) is 11.3 Å². The van der Waals surface area contributed by atoms with Crippen molar-refractivity contribution in [2.24, 2.45) is 0 Å². The molecule has 0 radical (unpaired) electrons. The number of hydrogen-bond donors (Lipinski definition) is 0. The van der Waals surface area contributed by atoms with Crippen molar-refractivity contribution in [3.63, 3.8) is 0 Å². The molecular weight excluding hydrogens is 304 g/mol. The van der Waals surface area contributed by atoms with E-state index in [0.29, 0.717) is 22.2 Å². The summed E-state index contributed by atoms with van der Waals surface area (Å²) in [4.78, 5) is 15.7. The molecule has 0 amide bonds. The van der Waals surface area contributed by atoms with Gasteiger partial charge in [0.25, 0.3) is 0 Å². The lowest BCUT2D eigenvalue weighted by Gasteiger charge is -2.01. The Balaban J connectivity index is 1.64. The normalized spacial score (nSPS) is 10.4. The summed E-state index contributed by atoms with van der Waals surface area (Å²) >= 11 is 5.66. The van der Waals surface area contributed by atoms with Crippen LogP contribution in [0.1, 0.15) is 16.1 Å². The van der Waals surface area contributed by atoms with E-state index in [0.717, 1.165) is 5.56 Å². The van der Waals surface area contributed by atoms with Gasteiger partial charge in [0, 0.05) is 17.8 Å². The summed E-state index contributed by atoms with van der Waals surface area (Å²) in [5.74, 6) is 0.133. The van der Waals surface area contributed by atoms with Crippen molar-refractivity contribution in [2.45, 2.75) is 6.61 Å². The van der Waals surface area contributed by atoms with Crippen LogP contribution < -0.4 is 0 Å². The summed E-state index contributed by atoms with van der Waals surface area (Å²) in [5.41, 5.74) is 1.78. The average Bonchev–Trinajstić information content (AvgIpc) is 3.03. The predicted molar refractivity (Wildman–Crippen MR) is 80.3 cm³/mol. The monoisotopic (exact) mass is 314 g/mol. The molecule has 0 aliphatic carbocycles. The van der Waals surface area contributed by atoms with E-state index in [-0.39, 0.29) is 6.61 Å². The molecule has 0 unspecified atom stereocenters. The lowest BCUT2D eigenvalue weighted by Crippen LogP contribution is -2.05. The molecule has 2 heterocycles. The molecule has 5 nitrogen and oxygen atoms in total. The third-order valence-electron chi connectivity index (χ3n) is 2.93. The molecule has 110 valence electrons. The van der Waals surface area contributed by atoms with Crippen molar-refractivity contribution in [1.82, 2.24) is 10.1 Å². The number of rotatable bonds is 4. The molecule has 3 aromatic rings. The van der Waals surface area contributed by atoms with Gasteiger partial charge in [0.1, 0.15) is 17.5 Å². The van der Waals surface area contributed by atoms with Crippen LogP contribution in [0.3, 0.4) is 0 Å². The standard InChI is InChI=1S/C16H11ClN2O3/c17-15-7-6-12(9-18-15)16(20)21-10-13-8-14(22-19-13)11-4-2-1-3-5-11/h1-9H,10H2. The van der Waals surface area contributed by atoms with Crippen LogP contribution in [0.2, 0.25) is 5.15 Å². The first-order chi connectivity index (χ1) is 10.7. The molecular formula is C16H11ClN2O3. The first-order valence-electron chi connectivity index (χ1n) is 6.52. The first kappa shape index (κ1) is 14.3. The maximum Gasteiger partial charge on any atom is 0.340 e. The van der Waals surface area contributed by atoms with E-state index in [1.54, 1.807) is 12.1 Å². The second kappa shape index (κ2) is 6.41. The Hall–Kier alpha value is -2.66. The van der Waals surface area contributed by atoms with E-state index in [1.165, 1.54) is 12.3 Å². The number of ether oxygens (including phenoxy) is 1. The van der Waals surface area contributed by atoms with Crippen molar-refractivity contribution in [2.75, 3.05) is 0 Å². The highest BCUT2D eigenvalue weighted by molar-refractivity contribution is 6.29. The van der Waals surface area contributed by atoms with E-state index < -0.39 is 5.97 Å². The van der Waals surface area contributed by atoms with Crippen molar-refractivity contribution in [1.29, 1.82) is 0 Å². The number of halogens is 1. The van der Waals surface area contributed by atoms with Crippen molar-refractivity contribution in [3.05, 3.63) is 71.1 Å². The molecule has 0 saturated heterocycles. The maximum absolute atomic E-state index is 11.8. The SMILES string of the molecule is O=C(OCc1cc(-c2ccccc2)on1)c1ccc(Cl)nc1. The second-order valence-electron chi connectivity index (χ2n) is 4.49. The van der Waals surface area contributed by atoms with Crippen LogP contribution in [-0.4, -0.2) is 16.1 Å². The van der Waals surface area contributed by atoms with E-state index in [1.807, 2.05) is 30.3 Å². The van der Waals surface area contributed by atoms with Crippen molar-refractivity contribution < 1.29 is 14.1 Å². The minimum absolute atomic E-state index is 0.0256. The summed E-state index contributed by atoms with van der Waals surface area (Å²) in [7, 11) is 0. The van der Waals surface area contributed by atoms with Crippen LogP contribution in [0.25, 0.3) is 11.3 Å². The molecule has 2 aromatic heterocycles. The smallest absolute Gasteiger partial charge is 0.340 e. The molecule has 22 heavy (non-hydrogen) atoms. The molecule has 3 rings (SSSR count). The highest BCUT2D eigenvalue weighted by Gasteiger charge is 2.11. The molecule has 0 aliphatic heterocycles. The minimum Gasteiger partial charge on any atom is -0.455 e. The van der Waals surface area contributed by atoms with Gasteiger partial charge in [-0.25, -0.2) is 9.78 Å². The van der Waals surface area contributed by atoms with Crippen LogP contribution in [-0.2, 0) is 11.3 Å². The van der Waals surface area contributed by atoms with E-state index in [4.69, 9.17) is 20.9 Å². The van der Waals surface area contributed by atoms with Crippen LogP contribution in [0, 0.1) is 0 Å². The molecule has 0 spiro atoms. The van der Waals surface area contributed by atoms with Crippen molar-refractivity contribution >= 4 is 17.6 Å². The first-order valence-corrected chi connectivity index (χ1v) is 6.90. The molecule has 0 saturated carbocycles. The Morgan fingerprint density at radius 2 is 2.00 bits per heavy atom. The summed E-state index contributed by atoms with van der Waals surface area (Å²) in [6.07, 6.45) is 1.36.